The lowest BCUT2D eigenvalue weighted by Crippen LogP contribution is -2.59. The van der Waals surface area contributed by atoms with Crippen molar-refractivity contribution < 1.29 is 14.7 Å². The number of nitrogens with zero attached hydrogens (tertiary/aromatic N) is 5. The number of urea groups is 1. The molecule has 1 aromatic carbocycles. The molecule has 1 saturated heterocycles. The minimum absolute atomic E-state index is 0.0618. The first-order chi connectivity index (χ1) is 17.8. The summed E-state index contributed by atoms with van der Waals surface area (Å²) in [5, 5.41) is 13.8. The van der Waals surface area contributed by atoms with E-state index in [-0.39, 0.29) is 29.4 Å². The number of carbonyl (C=O) groups excluding carboxylic acids is 2. The summed E-state index contributed by atoms with van der Waals surface area (Å²) in [5.74, 6) is -0.174. The topological polar surface area (TPSA) is 102 Å². The summed E-state index contributed by atoms with van der Waals surface area (Å²) in [6.45, 7) is 1.30. The van der Waals surface area contributed by atoms with Gasteiger partial charge in [-0.05, 0) is 64.6 Å². The number of rotatable bonds is 8. The second kappa shape index (κ2) is 10.0. The molecule has 1 spiro atoms. The highest BCUT2D eigenvalue weighted by Crippen LogP contribution is 2.50. The summed E-state index contributed by atoms with van der Waals surface area (Å²) in [6.07, 6.45) is 10.7. The van der Waals surface area contributed by atoms with Gasteiger partial charge in [-0.3, -0.25) is 9.69 Å². The van der Waals surface area contributed by atoms with Crippen LogP contribution in [-0.4, -0.2) is 86.6 Å². The first-order valence-corrected chi connectivity index (χ1v) is 13.3. The third-order valence-electron chi connectivity index (χ3n) is 8.92. The third-order valence-corrected chi connectivity index (χ3v) is 8.92. The summed E-state index contributed by atoms with van der Waals surface area (Å²) >= 11 is 0. The van der Waals surface area contributed by atoms with Crippen LogP contribution in [0.1, 0.15) is 56.9 Å². The van der Waals surface area contributed by atoms with Gasteiger partial charge in [0.05, 0.1) is 35.8 Å². The van der Waals surface area contributed by atoms with Gasteiger partial charge >= 0.3 is 6.03 Å². The summed E-state index contributed by atoms with van der Waals surface area (Å²) in [7, 11) is 4.28. The van der Waals surface area contributed by atoms with Crippen LogP contribution in [0.4, 0.5) is 10.5 Å². The molecule has 3 aliphatic rings. The van der Waals surface area contributed by atoms with Gasteiger partial charge < -0.3 is 20.2 Å². The highest BCUT2D eigenvalue weighted by Gasteiger charge is 2.56. The monoisotopic (exact) mass is 506 g/mol. The fourth-order valence-corrected chi connectivity index (χ4v) is 6.45. The van der Waals surface area contributed by atoms with Crippen molar-refractivity contribution in [2.75, 3.05) is 39.0 Å². The highest BCUT2D eigenvalue weighted by atomic mass is 16.3. The first kappa shape index (κ1) is 25.6. The van der Waals surface area contributed by atoms with Crippen LogP contribution in [0.3, 0.4) is 0 Å². The molecular weight excluding hydrogens is 468 g/mol. The molecule has 2 aliphatic carbocycles. The molecule has 2 aromatic rings. The van der Waals surface area contributed by atoms with Crippen LogP contribution in [0.5, 0.6) is 0 Å². The van der Waals surface area contributed by atoms with Gasteiger partial charge in [0.2, 0.25) is 5.91 Å². The Bertz CT molecular complexity index is 1100. The number of hydrogen-bond donors (Lipinski definition) is 2. The maximum absolute atomic E-state index is 13.7. The molecule has 2 heterocycles. The molecule has 37 heavy (non-hydrogen) atoms. The Morgan fingerprint density at radius 2 is 1.73 bits per heavy atom. The average Bonchev–Trinajstić information content (AvgIpc) is 3.13. The van der Waals surface area contributed by atoms with Crippen molar-refractivity contribution in [1.29, 1.82) is 0 Å². The van der Waals surface area contributed by atoms with E-state index in [1.165, 1.54) is 11.9 Å². The second-order valence-electron chi connectivity index (χ2n) is 11.3. The third kappa shape index (κ3) is 4.94. The van der Waals surface area contributed by atoms with Crippen molar-refractivity contribution in [3.63, 3.8) is 0 Å². The number of nitrogens with one attached hydrogen (secondary N) is 1. The zero-order chi connectivity index (χ0) is 26.1. The molecule has 9 nitrogen and oxygen atoms in total. The second-order valence-corrected chi connectivity index (χ2v) is 11.3. The predicted octanol–water partition coefficient (Wildman–Crippen LogP) is 3.23. The number of benzene rings is 1. The normalized spacial score (nSPS) is 27.0. The minimum Gasteiger partial charge on any atom is -0.388 e. The van der Waals surface area contributed by atoms with Crippen molar-refractivity contribution in [3.8, 4) is 0 Å². The van der Waals surface area contributed by atoms with Crippen LogP contribution in [0, 0.1) is 0 Å². The Hall–Kier alpha value is -3.04. The van der Waals surface area contributed by atoms with Crippen LogP contribution in [0.25, 0.3) is 0 Å². The van der Waals surface area contributed by atoms with E-state index in [1.807, 2.05) is 15.9 Å². The Morgan fingerprint density at radius 1 is 1.05 bits per heavy atom. The predicted molar refractivity (Wildman–Crippen MR) is 141 cm³/mol. The molecule has 198 valence electrons. The molecule has 5 rings (SSSR count). The number of carbonyl (C=O) groups is 2. The van der Waals surface area contributed by atoms with E-state index < -0.39 is 5.60 Å². The summed E-state index contributed by atoms with van der Waals surface area (Å²) in [6, 6.07) is 10.6. The van der Waals surface area contributed by atoms with Gasteiger partial charge in [-0.1, -0.05) is 30.3 Å². The van der Waals surface area contributed by atoms with E-state index in [0.717, 1.165) is 44.9 Å². The lowest BCUT2D eigenvalue weighted by molar-refractivity contribution is -0.116. The molecule has 9 heteroatoms. The van der Waals surface area contributed by atoms with E-state index in [0.29, 0.717) is 25.3 Å². The van der Waals surface area contributed by atoms with Crippen LogP contribution in [-0.2, 0) is 10.3 Å². The molecule has 2 N–H and O–H groups in total. The van der Waals surface area contributed by atoms with Crippen LogP contribution >= 0.6 is 0 Å². The lowest BCUT2D eigenvalue weighted by Gasteiger charge is -2.52. The quantitative estimate of drug-likeness (QED) is 0.570. The molecule has 2 saturated carbocycles. The summed E-state index contributed by atoms with van der Waals surface area (Å²) < 4.78 is 0. The van der Waals surface area contributed by atoms with E-state index in [4.69, 9.17) is 0 Å². The smallest absolute Gasteiger partial charge is 0.320 e. The van der Waals surface area contributed by atoms with E-state index in [1.54, 1.807) is 12.4 Å². The molecule has 3 fully saturated rings. The van der Waals surface area contributed by atoms with Crippen molar-refractivity contribution in [2.24, 2.45) is 0 Å². The van der Waals surface area contributed by atoms with Gasteiger partial charge in [0.25, 0.3) is 0 Å². The maximum atomic E-state index is 13.7. The van der Waals surface area contributed by atoms with Gasteiger partial charge in [0, 0.05) is 25.0 Å². The van der Waals surface area contributed by atoms with Crippen LogP contribution < -0.4 is 5.32 Å². The van der Waals surface area contributed by atoms with E-state index >= 15 is 0 Å². The van der Waals surface area contributed by atoms with Gasteiger partial charge in [-0.25, -0.2) is 14.8 Å². The largest absolute Gasteiger partial charge is 0.388 e. The number of aromatic nitrogens is 2. The highest BCUT2D eigenvalue weighted by molar-refractivity contribution is 5.90. The molecule has 1 aliphatic heterocycles. The molecule has 0 atom stereocenters. The van der Waals surface area contributed by atoms with Crippen molar-refractivity contribution in [1.82, 2.24) is 24.7 Å². The molecule has 1 aromatic heterocycles. The molecule has 0 unspecified atom stereocenters. The number of amides is 3. The van der Waals surface area contributed by atoms with Crippen molar-refractivity contribution in [3.05, 3.63) is 54.6 Å². The van der Waals surface area contributed by atoms with Gasteiger partial charge in [0.15, 0.2) is 0 Å². The standard InChI is InChI=1S/C28H38N6O3/c1-32(2)28(22-7-4-3-5-8-22)14-12-26(13-15-28)19-33(25(36)34(26)20-27(37)10-6-11-27)16-9-24(35)31-23-17-29-21-30-18-23/h3-5,7-8,17-18,21,37H,6,9-16,19-20H2,1-2H3,(H,31,35)/t26-,28+. The zero-order valence-electron chi connectivity index (χ0n) is 21.9. The first-order valence-electron chi connectivity index (χ1n) is 13.3. The SMILES string of the molecule is CN(C)[C@]1(c2ccccc2)CC[C@]2(CC1)CN(CCC(=O)Nc1cncnc1)C(=O)N2CC1(O)CCC1. The van der Waals surface area contributed by atoms with Gasteiger partial charge in [0.1, 0.15) is 6.33 Å². The Labute approximate surface area is 218 Å². The average molecular weight is 507 g/mol. The Balaban J connectivity index is 1.32. The van der Waals surface area contributed by atoms with E-state index in [2.05, 4.69) is 58.5 Å². The minimum atomic E-state index is -0.793. The van der Waals surface area contributed by atoms with Gasteiger partial charge in [-0.15, -0.1) is 0 Å². The lowest BCUT2D eigenvalue weighted by atomic mass is 9.67. The Kier molecular flexibility index (Phi) is 6.93. The molecule has 3 amide bonds. The Morgan fingerprint density at radius 3 is 2.32 bits per heavy atom. The molecule has 0 bridgehead atoms. The summed E-state index contributed by atoms with van der Waals surface area (Å²) in [5.41, 5.74) is 0.638. The fourth-order valence-electron chi connectivity index (χ4n) is 6.45. The van der Waals surface area contributed by atoms with E-state index in [9.17, 15) is 14.7 Å². The fraction of sp³-hybridized carbons (Fsp3) is 0.571. The number of β-amino-alcohol motifs (C(OH)–C–C–N with tert-alkyl or cyclic N) is 1. The summed E-state index contributed by atoms with van der Waals surface area (Å²) in [4.78, 5) is 40.2. The molecule has 0 radical (unpaired) electrons. The number of hydrogen-bond acceptors (Lipinski definition) is 6. The number of aliphatic hydroxyl groups is 1. The van der Waals surface area contributed by atoms with Gasteiger partial charge in [-0.2, -0.15) is 0 Å². The zero-order valence-corrected chi connectivity index (χ0v) is 21.9. The number of anilines is 1. The maximum Gasteiger partial charge on any atom is 0.320 e. The van der Waals surface area contributed by atoms with Crippen LogP contribution in [0.2, 0.25) is 0 Å². The molecular formula is C28H38N6O3. The van der Waals surface area contributed by atoms with Crippen LogP contribution in [0.15, 0.2) is 49.1 Å². The van der Waals surface area contributed by atoms with Crippen molar-refractivity contribution in [2.45, 2.75) is 68.0 Å². The van der Waals surface area contributed by atoms with Crippen molar-refractivity contribution >= 4 is 17.6 Å².